The van der Waals surface area contributed by atoms with Crippen LogP contribution in [0.15, 0.2) is 30.5 Å². The minimum absolute atomic E-state index is 0.291. The molecule has 1 fully saturated rings. The Morgan fingerprint density at radius 3 is 2.83 bits per heavy atom. The van der Waals surface area contributed by atoms with Crippen LogP contribution in [0.4, 0.5) is 0 Å². The van der Waals surface area contributed by atoms with Crippen LogP contribution < -0.4 is 4.74 Å². The van der Waals surface area contributed by atoms with Crippen molar-refractivity contribution < 1.29 is 4.74 Å². The van der Waals surface area contributed by atoms with Gasteiger partial charge in [-0.3, -0.25) is 4.68 Å². The van der Waals surface area contributed by atoms with E-state index in [1.165, 1.54) is 0 Å². The summed E-state index contributed by atoms with van der Waals surface area (Å²) < 4.78 is 7.53. The highest BCUT2D eigenvalue weighted by atomic mass is 16.5. The Kier molecular flexibility index (Phi) is 2.52. The molecule has 1 aliphatic carbocycles. The van der Waals surface area contributed by atoms with Gasteiger partial charge in [0.2, 0.25) is 0 Å². The lowest BCUT2D eigenvalue weighted by atomic mass is 10.0. The first-order valence-corrected chi connectivity index (χ1v) is 5.97. The summed E-state index contributed by atoms with van der Waals surface area (Å²) in [5.41, 5.74) is 2.39. The summed E-state index contributed by atoms with van der Waals surface area (Å²) >= 11 is 0. The van der Waals surface area contributed by atoms with Gasteiger partial charge >= 0.3 is 0 Å². The second-order valence-electron chi connectivity index (χ2n) is 4.45. The second kappa shape index (κ2) is 4.19. The van der Waals surface area contributed by atoms with E-state index in [-0.39, 0.29) is 0 Å². The molecule has 1 aromatic heterocycles. The number of rotatable bonds is 3. The third-order valence-electron chi connectivity index (χ3n) is 3.05. The van der Waals surface area contributed by atoms with Gasteiger partial charge in [0.15, 0.2) is 0 Å². The van der Waals surface area contributed by atoms with Crippen LogP contribution in [0.5, 0.6) is 5.75 Å². The fraction of sp³-hybridized carbons (Fsp3) is 0.286. The molecular weight excluding hydrogens is 226 g/mol. The SMILES string of the molecule is Cn1nccc1-c1cccc(OC2CC2)c1C#N. The smallest absolute Gasteiger partial charge is 0.138 e. The number of aryl methyl sites for hydroxylation is 1. The minimum atomic E-state index is 0.291. The Morgan fingerprint density at radius 1 is 1.39 bits per heavy atom. The molecule has 3 rings (SSSR count). The molecule has 4 nitrogen and oxygen atoms in total. The van der Waals surface area contributed by atoms with E-state index in [2.05, 4.69) is 11.2 Å². The average Bonchev–Trinajstić information content (AvgIpc) is 3.09. The summed E-state index contributed by atoms with van der Waals surface area (Å²) in [6, 6.07) is 9.85. The van der Waals surface area contributed by atoms with E-state index in [1.807, 2.05) is 31.3 Å². The number of hydrogen-bond acceptors (Lipinski definition) is 3. The molecule has 2 aromatic rings. The van der Waals surface area contributed by atoms with Crippen molar-refractivity contribution in [3.05, 3.63) is 36.0 Å². The van der Waals surface area contributed by atoms with Gasteiger partial charge in [-0.15, -0.1) is 0 Å². The van der Waals surface area contributed by atoms with E-state index < -0.39 is 0 Å². The van der Waals surface area contributed by atoms with Crippen molar-refractivity contribution in [2.24, 2.45) is 7.05 Å². The fourth-order valence-corrected chi connectivity index (χ4v) is 1.96. The summed E-state index contributed by atoms with van der Waals surface area (Å²) in [6.07, 6.45) is 4.19. The summed E-state index contributed by atoms with van der Waals surface area (Å²) in [6.45, 7) is 0. The van der Waals surface area contributed by atoms with E-state index in [0.29, 0.717) is 17.4 Å². The zero-order valence-electron chi connectivity index (χ0n) is 10.1. The minimum Gasteiger partial charge on any atom is -0.489 e. The molecule has 90 valence electrons. The highest BCUT2D eigenvalue weighted by Gasteiger charge is 2.25. The van der Waals surface area contributed by atoms with E-state index in [9.17, 15) is 5.26 Å². The van der Waals surface area contributed by atoms with Gasteiger partial charge in [0.05, 0.1) is 11.8 Å². The maximum absolute atomic E-state index is 9.36. The topological polar surface area (TPSA) is 50.8 Å². The van der Waals surface area contributed by atoms with Crippen molar-refractivity contribution in [2.45, 2.75) is 18.9 Å². The zero-order valence-corrected chi connectivity index (χ0v) is 10.1. The Hall–Kier alpha value is -2.28. The molecule has 1 saturated carbocycles. The first kappa shape index (κ1) is 10.8. The third kappa shape index (κ3) is 1.84. The molecule has 0 atom stereocenters. The second-order valence-corrected chi connectivity index (χ2v) is 4.45. The summed E-state index contributed by atoms with van der Waals surface area (Å²) in [5.74, 6) is 0.679. The number of nitrogens with zero attached hydrogens (tertiary/aromatic N) is 3. The van der Waals surface area contributed by atoms with Gasteiger partial charge in [-0.1, -0.05) is 12.1 Å². The van der Waals surface area contributed by atoms with Crippen LogP contribution in [0.25, 0.3) is 11.3 Å². The van der Waals surface area contributed by atoms with Crippen LogP contribution in [-0.2, 0) is 7.05 Å². The Bertz CT molecular complexity index is 620. The van der Waals surface area contributed by atoms with Crippen molar-refractivity contribution in [1.29, 1.82) is 5.26 Å². The van der Waals surface area contributed by atoms with E-state index in [1.54, 1.807) is 10.9 Å². The van der Waals surface area contributed by atoms with Crippen molar-refractivity contribution in [2.75, 3.05) is 0 Å². The van der Waals surface area contributed by atoms with Crippen molar-refractivity contribution in [3.63, 3.8) is 0 Å². The standard InChI is InChI=1S/C14H13N3O/c1-17-13(7-8-16-17)11-3-2-4-14(12(11)9-15)18-10-5-6-10/h2-4,7-8,10H,5-6H2,1H3. The average molecular weight is 239 g/mol. The molecule has 0 spiro atoms. The zero-order chi connectivity index (χ0) is 12.5. The van der Waals surface area contributed by atoms with E-state index in [4.69, 9.17) is 4.74 Å². The van der Waals surface area contributed by atoms with Gasteiger partial charge in [0, 0.05) is 18.8 Å². The van der Waals surface area contributed by atoms with Gasteiger partial charge in [0.1, 0.15) is 17.4 Å². The first-order valence-electron chi connectivity index (χ1n) is 5.97. The Labute approximate surface area is 105 Å². The quantitative estimate of drug-likeness (QED) is 0.826. The molecule has 1 heterocycles. The summed E-state index contributed by atoms with van der Waals surface area (Å²) in [7, 11) is 1.87. The molecule has 0 aliphatic heterocycles. The largest absolute Gasteiger partial charge is 0.489 e. The number of benzene rings is 1. The molecule has 1 aliphatic rings. The Morgan fingerprint density at radius 2 is 2.22 bits per heavy atom. The van der Waals surface area contributed by atoms with Gasteiger partial charge in [-0.2, -0.15) is 10.4 Å². The summed E-state index contributed by atoms with van der Waals surface area (Å²) in [4.78, 5) is 0. The van der Waals surface area contributed by atoms with Crippen molar-refractivity contribution in [3.8, 4) is 23.1 Å². The first-order chi connectivity index (χ1) is 8.79. The molecule has 0 saturated heterocycles. The molecule has 0 N–H and O–H groups in total. The highest BCUT2D eigenvalue weighted by Crippen LogP contribution is 2.33. The van der Waals surface area contributed by atoms with E-state index in [0.717, 1.165) is 24.1 Å². The molecule has 0 amide bonds. The molecule has 18 heavy (non-hydrogen) atoms. The molecule has 0 bridgehead atoms. The predicted octanol–water partition coefficient (Wildman–Crippen LogP) is 2.50. The normalized spacial score (nSPS) is 14.2. The van der Waals surface area contributed by atoms with Crippen LogP contribution in [0.3, 0.4) is 0 Å². The maximum Gasteiger partial charge on any atom is 0.138 e. The lowest BCUT2D eigenvalue weighted by molar-refractivity contribution is 0.302. The number of ether oxygens (including phenoxy) is 1. The number of hydrogen-bond donors (Lipinski definition) is 0. The molecular formula is C14H13N3O. The lowest BCUT2D eigenvalue weighted by Crippen LogP contribution is -2.01. The molecule has 0 unspecified atom stereocenters. The lowest BCUT2D eigenvalue weighted by Gasteiger charge is -2.10. The monoisotopic (exact) mass is 239 g/mol. The maximum atomic E-state index is 9.36. The molecule has 1 aromatic carbocycles. The fourth-order valence-electron chi connectivity index (χ4n) is 1.96. The third-order valence-corrected chi connectivity index (χ3v) is 3.05. The van der Waals surface area contributed by atoms with Gasteiger partial charge in [0.25, 0.3) is 0 Å². The van der Waals surface area contributed by atoms with Gasteiger partial charge in [-0.05, 0) is 25.0 Å². The van der Waals surface area contributed by atoms with Crippen molar-refractivity contribution >= 4 is 0 Å². The Balaban J connectivity index is 2.09. The van der Waals surface area contributed by atoms with Gasteiger partial charge < -0.3 is 4.74 Å². The van der Waals surface area contributed by atoms with Crippen LogP contribution in [0.2, 0.25) is 0 Å². The van der Waals surface area contributed by atoms with Crippen LogP contribution >= 0.6 is 0 Å². The van der Waals surface area contributed by atoms with Crippen LogP contribution in [0, 0.1) is 11.3 Å². The molecule has 4 heteroatoms. The number of nitriles is 1. The van der Waals surface area contributed by atoms with E-state index >= 15 is 0 Å². The van der Waals surface area contributed by atoms with Crippen LogP contribution in [-0.4, -0.2) is 15.9 Å². The molecule has 0 radical (unpaired) electrons. The highest BCUT2D eigenvalue weighted by molar-refractivity contribution is 5.71. The summed E-state index contributed by atoms with van der Waals surface area (Å²) in [5, 5.41) is 13.5. The van der Waals surface area contributed by atoms with Crippen molar-refractivity contribution in [1.82, 2.24) is 9.78 Å². The van der Waals surface area contributed by atoms with Gasteiger partial charge in [-0.25, -0.2) is 0 Å². The predicted molar refractivity (Wildman–Crippen MR) is 67.0 cm³/mol. The van der Waals surface area contributed by atoms with Crippen LogP contribution in [0.1, 0.15) is 18.4 Å². The number of aromatic nitrogens is 2.